The zero-order valence-electron chi connectivity index (χ0n) is 10.4. The van der Waals surface area contributed by atoms with E-state index in [1.807, 2.05) is 13.8 Å². The molecule has 0 aliphatic heterocycles. The van der Waals surface area contributed by atoms with E-state index in [0.29, 0.717) is 6.04 Å². The van der Waals surface area contributed by atoms with Crippen LogP contribution >= 0.6 is 0 Å². The smallest absolute Gasteiger partial charge is 0.191 e. The Kier molecular flexibility index (Phi) is 3.97. The van der Waals surface area contributed by atoms with Gasteiger partial charge in [0.1, 0.15) is 0 Å². The first-order chi connectivity index (χ1) is 6.98. The zero-order chi connectivity index (χ0) is 11.5. The second-order valence-electron chi connectivity index (χ2n) is 4.85. The number of aliphatic imine (C=N–C) groups is 1. The highest BCUT2D eigenvalue weighted by atomic mass is 16.5. The topological polar surface area (TPSA) is 45.7 Å². The second-order valence-corrected chi connectivity index (χ2v) is 4.85. The number of hydrogen-bond acceptors (Lipinski definition) is 2. The van der Waals surface area contributed by atoms with Crippen molar-refractivity contribution in [2.75, 3.05) is 20.7 Å². The van der Waals surface area contributed by atoms with Crippen molar-refractivity contribution in [2.24, 2.45) is 10.9 Å². The van der Waals surface area contributed by atoms with Crippen LogP contribution in [0.5, 0.6) is 0 Å². The number of nitrogens with one attached hydrogen (secondary N) is 2. The van der Waals surface area contributed by atoms with E-state index in [-0.39, 0.29) is 5.60 Å². The summed E-state index contributed by atoms with van der Waals surface area (Å²) in [5.74, 6) is 1.65. The zero-order valence-corrected chi connectivity index (χ0v) is 10.4. The monoisotopic (exact) mass is 213 g/mol. The third-order valence-corrected chi connectivity index (χ3v) is 2.89. The van der Waals surface area contributed by atoms with Gasteiger partial charge < -0.3 is 15.4 Å². The van der Waals surface area contributed by atoms with Gasteiger partial charge in [-0.3, -0.25) is 4.99 Å². The van der Waals surface area contributed by atoms with Gasteiger partial charge in [0.2, 0.25) is 0 Å². The standard InChI is InChI=1S/C11H23N3O/c1-8-6-9(8)14-10(12-4)13-7-11(2,3)15-5/h8-9H,6-7H2,1-5H3,(H2,12,13,14). The van der Waals surface area contributed by atoms with E-state index >= 15 is 0 Å². The molecule has 1 aliphatic carbocycles. The maximum Gasteiger partial charge on any atom is 0.191 e. The maximum atomic E-state index is 5.33. The lowest BCUT2D eigenvalue weighted by molar-refractivity contribution is 0.0268. The van der Waals surface area contributed by atoms with Gasteiger partial charge in [0, 0.05) is 26.7 Å². The Morgan fingerprint density at radius 2 is 2.13 bits per heavy atom. The Morgan fingerprint density at radius 3 is 2.53 bits per heavy atom. The number of methoxy groups -OCH3 is 1. The van der Waals surface area contributed by atoms with Gasteiger partial charge in [0.25, 0.3) is 0 Å². The fourth-order valence-electron chi connectivity index (χ4n) is 1.26. The summed E-state index contributed by atoms with van der Waals surface area (Å²) in [4.78, 5) is 4.18. The van der Waals surface area contributed by atoms with Crippen molar-refractivity contribution in [3.8, 4) is 0 Å². The molecule has 0 aromatic carbocycles. The average molecular weight is 213 g/mol. The predicted octanol–water partition coefficient (Wildman–Crippen LogP) is 0.985. The molecule has 0 bridgehead atoms. The lowest BCUT2D eigenvalue weighted by Crippen LogP contribution is -2.46. The van der Waals surface area contributed by atoms with Gasteiger partial charge in [-0.1, -0.05) is 6.92 Å². The molecule has 4 heteroatoms. The Morgan fingerprint density at radius 1 is 1.53 bits per heavy atom. The molecule has 0 amide bonds. The Bertz CT molecular complexity index is 238. The van der Waals surface area contributed by atoms with E-state index in [9.17, 15) is 0 Å². The van der Waals surface area contributed by atoms with Gasteiger partial charge in [-0.05, 0) is 26.2 Å². The number of rotatable bonds is 4. The van der Waals surface area contributed by atoms with Crippen molar-refractivity contribution in [1.29, 1.82) is 0 Å². The van der Waals surface area contributed by atoms with Crippen LogP contribution in [0.2, 0.25) is 0 Å². The third kappa shape index (κ3) is 4.08. The van der Waals surface area contributed by atoms with Gasteiger partial charge >= 0.3 is 0 Å². The summed E-state index contributed by atoms with van der Waals surface area (Å²) in [5, 5.41) is 6.64. The first kappa shape index (κ1) is 12.3. The molecule has 1 saturated carbocycles. The van der Waals surface area contributed by atoms with Crippen molar-refractivity contribution in [3.63, 3.8) is 0 Å². The molecule has 0 heterocycles. The fourth-order valence-corrected chi connectivity index (χ4v) is 1.26. The van der Waals surface area contributed by atoms with Crippen LogP contribution in [0.3, 0.4) is 0 Å². The Labute approximate surface area is 92.5 Å². The maximum absolute atomic E-state index is 5.33. The van der Waals surface area contributed by atoms with Crippen molar-refractivity contribution in [3.05, 3.63) is 0 Å². The number of ether oxygens (including phenoxy) is 1. The summed E-state index contributed by atoms with van der Waals surface area (Å²) in [6.07, 6.45) is 1.24. The molecule has 15 heavy (non-hydrogen) atoms. The minimum Gasteiger partial charge on any atom is -0.377 e. The van der Waals surface area contributed by atoms with Gasteiger partial charge in [-0.15, -0.1) is 0 Å². The second kappa shape index (κ2) is 4.84. The van der Waals surface area contributed by atoms with Crippen molar-refractivity contribution in [1.82, 2.24) is 10.6 Å². The van der Waals surface area contributed by atoms with E-state index in [1.54, 1.807) is 14.2 Å². The van der Waals surface area contributed by atoms with E-state index in [0.717, 1.165) is 18.4 Å². The van der Waals surface area contributed by atoms with Crippen molar-refractivity contribution in [2.45, 2.75) is 38.8 Å². The quantitative estimate of drug-likeness (QED) is 0.540. The molecular weight excluding hydrogens is 190 g/mol. The van der Waals surface area contributed by atoms with Crippen molar-refractivity contribution < 1.29 is 4.74 Å². The largest absolute Gasteiger partial charge is 0.377 e. The third-order valence-electron chi connectivity index (χ3n) is 2.89. The fraction of sp³-hybridized carbons (Fsp3) is 0.909. The normalized spacial score (nSPS) is 26.3. The molecule has 2 unspecified atom stereocenters. The molecule has 1 rings (SSSR count). The summed E-state index contributed by atoms with van der Waals surface area (Å²) >= 11 is 0. The molecule has 2 atom stereocenters. The summed E-state index contributed by atoms with van der Waals surface area (Å²) in [6, 6.07) is 0.599. The number of guanidine groups is 1. The minimum absolute atomic E-state index is 0.160. The first-order valence-corrected chi connectivity index (χ1v) is 5.51. The molecule has 1 aliphatic rings. The van der Waals surface area contributed by atoms with Crippen molar-refractivity contribution >= 4 is 5.96 Å². The Balaban J connectivity index is 2.28. The summed E-state index contributed by atoms with van der Waals surface area (Å²) in [6.45, 7) is 7.09. The van der Waals surface area contributed by atoms with E-state index in [1.165, 1.54) is 6.42 Å². The molecule has 0 aromatic heterocycles. The molecule has 4 nitrogen and oxygen atoms in total. The van der Waals surface area contributed by atoms with E-state index in [4.69, 9.17) is 4.74 Å². The SMILES string of the molecule is CN=C(NCC(C)(C)OC)NC1CC1C. The minimum atomic E-state index is -0.160. The average Bonchev–Trinajstić information content (AvgIpc) is 2.89. The lowest BCUT2D eigenvalue weighted by Gasteiger charge is -2.24. The van der Waals surface area contributed by atoms with Gasteiger partial charge in [0.15, 0.2) is 5.96 Å². The van der Waals surface area contributed by atoms with E-state index in [2.05, 4.69) is 22.5 Å². The molecule has 2 N–H and O–H groups in total. The van der Waals surface area contributed by atoms with Gasteiger partial charge in [0.05, 0.1) is 5.60 Å². The van der Waals surface area contributed by atoms with Crippen LogP contribution in [0.4, 0.5) is 0 Å². The molecule has 0 radical (unpaired) electrons. The van der Waals surface area contributed by atoms with Crippen LogP contribution in [-0.4, -0.2) is 38.3 Å². The van der Waals surface area contributed by atoms with Crippen LogP contribution in [-0.2, 0) is 4.74 Å². The van der Waals surface area contributed by atoms with Crippen LogP contribution in [0.15, 0.2) is 4.99 Å². The Hall–Kier alpha value is -0.770. The molecule has 0 spiro atoms. The highest BCUT2D eigenvalue weighted by molar-refractivity contribution is 5.80. The molecule has 88 valence electrons. The van der Waals surface area contributed by atoms with Gasteiger partial charge in [-0.25, -0.2) is 0 Å². The summed E-state index contributed by atoms with van der Waals surface area (Å²) < 4.78 is 5.33. The van der Waals surface area contributed by atoms with Crippen LogP contribution in [0.1, 0.15) is 27.2 Å². The van der Waals surface area contributed by atoms with E-state index < -0.39 is 0 Å². The molecule has 0 aromatic rings. The predicted molar refractivity (Wildman–Crippen MR) is 63.2 cm³/mol. The summed E-state index contributed by atoms with van der Waals surface area (Å²) in [7, 11) is 3.52. The van der Waals surface area contributed by atoms with Gasteiger partial charge in [-0.2, -0.15) is 0 Å². The number of nitrogens with zero attached hydrogens (tertiary/aromatic N) is 1. The lowest BCUT2D eigenvalue weighted by atomic mass is 10.1. The highest BCUT2D eigenvalue weighted by Crippen LogP contribution is 2.28. The van der Waals surface area contributed by atoms with Crippen LogP contribution in [0, 0.1) is 5.92 Å². The first-order valence-electron chi connectivity index (χ1n) is 5.51. The number of hydrogen-bond donors (Lipinski definition) is 2. The highest BCUT2D eigenvalue weighted by Gasteiger charge is 2.33. The molecule has 0 saturated heterocycles. The summed E-state index contributed by atoms with van der Waals surface area (Å²) in [5.41, 5.74) is -0.160. The molecular formula is C11H23N3O. The molecule has 1 fully saturated rings. The van der Waals surface area contributed by atoms with Crippen LogP contribution in [0.25, 0.3) is 0 Å². The van der Waals surface area contributed by atoms with Crippen LogP contribution < -0.4 is 10.6 Å².